The lowest BCUT2D eigenvalue weighted by Crippen LogP contribution is -2.43. The average molecular weight is 262 g/mol. The first-order chi connectivity index (χ1) is 9.20. The Labute approximate surface area is 114 Å². The van der Waals surface area contributed by atoms with E-state index in [0.29, 0.717) is 12.6 Å². The third-order valence-electron chi connectivity index (χ3n) is 3.74. The van der Waals surface area contributed by atoms with E-state index in [9.17, 15) is 4.79 Å². The van der Waals surface area contributed by atoms with Crippen molar-refractivity contribution in [3.8, 4) is 5.75 Å². The van der Waals surface area contributed by atoms with Gasteiger partial charge in [-0.3, -0.25) is 9.69 Å². The van der Waals surface area contributed by atoms with Crippen molar-refractivity contribution in [3.63, 3.8) is 0 Å². The summed E-state index contributed by atoms with van der Waals surface area (Å²) in [4.78, 5) is 14.4. The van der Waals surface area contributed by atoms with Crippen molar-refractivity contribution in [1.29, 1.82) is 0 Å². The highest BCUT2D eigenvalue weighted by atomic mass is 16.5. The number of likely N-dealkylation sites (N-methyl/N-ethyl adjacent to an activating group) is 1. The lowest BCUT2D eigenvalue weighted by atomic mass is 10.0. The van der Waals surface area contributed by atoms with Crippen LogP contribution < -0.4 is 10.1 Å². The molecule has 2 rings (SSSR count). The van der Waals surface area contributed by atoms with Gasteiger partial charge < -0.3 is 10.1 Å². The van der Waals surface area contributed by atoms with Gasteiger partial charge in [-0.2, -0.15) is 0 Å². The third-order valence-corrected chi connectivity index (χ3v) is 3.74. The molecule has 4 heteroatoms. The minimum Gasteiger partial charge on any atom is -0.497 e. The number of nitrogens with one attached hydrogen (secondary N) is 1. The second kappa shape index (κ2) is 6.68. The Bertz CT molecular complexity index is 411. The van der Waals surface area contributed by atoms with Gasteiger partial charge in [-0.1, -0.05) is 0 Å². The molecule has 0 spiro atoms. The molecule has 104 valence electrons. The van der Waals surface area contributed by atoms with Crippen molar-refractivity contribution < 1.29 is 9.53 Å². The van der Waals surface area contributed by atoms with Crippen LogP contribution in [-0.4, -0.2) is 50.5 Å². The van der Waals surface area contributed by atoms with Gasteiger partial charge in [0.05, 0.1) is 13.7 Å². The molecule has 1 heterocycles. The zero-order valence-electron chi connectivity index (χ0n) is 11.7. The number of Topliss-reactive ketones (excluding diaryl/α,β-unsaturated/α-hetero) is 1. The van der Waals surface area contributed by atoms with Gasteiger partial charge in [0.1, 0.15) is 5.75 Å². The Morgan fingerprint density at radius 2 is 1.95 bits per heavy atom. The van der Waals surface area contributed by atoms with Crippen molar-refractivity contribution in [2.75, 3.05) is 33.8 Å². The SMILES string of the molecule is COc1ccc(C(=O)CN(C)C2CCNCC2)cc1. The lowest BCUT2D eigenvalue weighted by Gasteiger charge is -2.31. The minimum absolute atomic E-state index is 0.170. The van der Waals surface area contributed by atoms with E-state index in [0.717, 1.165) is 37.2 Å². The topological polar surface area (TPSA) is 41.6 Å². The molecule has 0 aromatic heterocycles. The first-order valence-electron chi connectivity index (χ1n) is 6.79. The molecule has 0 aliphatic carbocycles. The van der Waals surface area contributed by atoms with Crippen molar-refractivity contribution in [2.24, 2.45) is 0 Å². The van der Waals surface area contributed by atoms with Crippen molar-refractivity contribution >= 4 is 5.78 Å². The Kier molecular flexibility index (Phi) is 4.93. The van der Waals surface area contributed by atoms with Crippen LogP contribution >= 0.6 is 0 Å². The molecule has 1 aliphatic rings. The van der Waals surface area contributed by atoms with Gasteiger partial charge in [0.15, 0.2) is 5.78 Å². The molecule has 0 bridgehead atoms. The van der Waals surface area contributed by atoms with Crippen LogP contribution in [0.15, 0.2) is 24.3 Å². The molecule has 1 aromatic carbocycles. The molecule has 1 aliphatic heterocycles. The predicted octanol–water partition coefficient (Wildman–Crippen LogP) is 1.56. The first-order valence-corrected chi connectivity index (χ1v) is 6.79. The van der Waals surface area contributed by atoms with E-state index in [1.807, 2.05) is 31.3 Å². The second-order valence-corrected chi connectivity index (χ2v) is 5.05. The van der Waals surface area contributed by atoms with Gasteiger partial charge in [-0.25, -0.2) is 0 Å². The molecule has 0 saturated carbocycles. The van der Waals surface area contributed by atoms with Gasteiger partial charge in [0, 0.05) is 11.6 Å². The summed E-state index contributed by atoms with van der Waals surface area (Å²) in [6, 6.07) is 7.84. The van der Waals surface area contributed by atoms with E-state index >= 15 is 0 Å². The number of ether oxygens (including phenoxy) is 1. The van der Waals surface area contributed by atoms with Crippen LogP contribution in [0.1, 0.15) is 23.2 Å². The number of carbonyl (C=O) groups is 1. The van der Waals surface area contributed by atoms with Crippen LogP contribution in [0.25, 0.3) is 0 Å². The number of hydrogen-bond acceptors (Lipinski definition) is 4. The monoisotopic (exact) mass is 262 g/mol. The maximum Gasteiger partial charge on any atom is 0.176 e. The van der Waals surface area contributed by atoms with Crippen LogP contribution in [-0.2, 0) is 0 Å². The fourth-order valence-corrected chi connectivity index (χ4v) is 2.47. The first kappa shape index (κ1) is 14.0. The Morgan fingerprint density at radius 1 is 1.32 bits per heavy atom. The number of rotatable bonds is 5. The van der Waals surface area contributed by atoms with E-state index in [-0.39, 0.29) is 5.78 Å². The summed E-state index contributed by atoms with van der Waals surface area (Å²) >= 11 is 0. The Balaban J connectivity index is 1.91. The summed E-state index contributed by atoms with van der Waals surface area (Å²) in [5.41, 5.74) is 0.751. The molecule has 19 heavy (non-hydrogen) atoms. The largest absolute Gasteiger partial charge is 0.497 e. The normalized spacial score (nSPS) is 16.6. The summed E-state index contributed by atoms with van der Waals surface area (Å²) in [6.45, 7) is 2.58. The summed E-state index contributed by atoms with van der Waals surface area (Å²) in [7, 11) is 3.67. The zero-order chi connectivity index (χ0) is 13.7. The number of carbonyl (C=O) groups excluding carboxylic acids is 1. The van der Waals surface area contributed by atoms with Crippen molar-refractivity contribution in [2.45, 2.75) is 18.9 Å². The van der Waals surface area contributed by atoms with Crippen molar-refractivity contribution in [1.82, 2.24) is 10.2 Å². The fourth-order valence-electron chi connectivity index (χ4n) is 2.47. The standard InChI is InChI=1S/C15H22N2O2/c1-17(13-7-9-16-10-8-13)11-15(18)12-3-5-14(19-2)6-4-12/h3-6,13,16H,7-11H2,1-2H3. The molecular formula is C15H22N2O2. The summed E-state index contributed by atoms with van der Waals surface area (Å²) in [5, 5.41) is 3.34. The molecular weight excluding hydrogens is 240 g/mol. The van der Waals surface area contributed by atoms with Crippen LogP contribution in [0.5, 0.6) is 5.75 Å². The van der Waals surface area contributed by atoms with E-state index in [1.165, 1.54) is 0 Å². The predicted molar refractivity (Wildman–Crippen MR) is 75.8 cm³/mol. The summed E-state index contributed by atoms with van der Waals surface area (Å²) in [5.74, 6) is 0.951. The maximum absolute atomic E-state index is 12.2. The molecule has 1 saturated heterocycles. The molecule has 0 atom stereocenters. The van der Waals surface area contributed by atoms with E-state index in [2.05, 4.69) is 10.2 Å². The van der Waals surface area contributed by atoms with Crippen molar-refractivity contribution in [3.05, 3.63) is 29.8 Å². The smallest absolute Gasteiger partial charge is 0.176 e. The van der Waals surface area contributed by atoms with Gasteiger partial charge in [-0.05, 0) is 57.2 Å². The zero-order valence-corrected chi connectivity index (χ0v) is 11.7. The van der Waals surface area contributed by atoms with Crippen LogP contribution in [0.3, 0.4) is 0 Å². The molecule has 1 aromatic rings. The number of methoxy groups -OCH3 is 1. The number of benzene rings is 1. The van der Waals surface area contributed by atoms with Crippen LogP contribution in [0.4, 0.5) is 0 Å². The fraction of sp³-hybridized carbons (Fsp3) is 0.533. The van der Waals surface area contributed by atoms with Crippen LogP contribution in [0, 0.1) is 0 Å². The van der Waals surface area contributed by atoms with Gasteiger partial charge in [0.25, 0.3) is 0 Å². The highest BCUT2D eigenvalue weighted by Gasteiger charge is 2.20. The summed E-state index contributed by atoms with van der Waals surface area (Å²) in [6.07, 6.45) is 2.23. The molecule has 0 amide bonds. The third kappa shape index (κ3) is 3.78. The minimum atomic E-state index is 0.170. The average Bonchev–Trinajstić information content (AvgIpc) is 2.48. The van der Waals surface area contributed by atoms with Gasteiger partial charge >= 0.3 is 0 Å². The molecule has 4 nitrogen and oxygen atoms in total. The number of hydrogen-bond donors (Lipinski definition) is 1. The molecule has 1 N–H and O–H groups in total. The quantitative estimate of drug-likeness (QED) is 0.818. The highest BCUT2D eigenvalue weighted by molar-refractivity contribution is 5.97. The van der Waals surface area contributed by atoms with E-state index < -0.39 is 0 Å². The number of piperidine rings is 1. The maximum atomic E-state index is 12.2. The number of nitrogens with zero attached hydrogens (tertiary/aromatic N) is 1. The second-order valence-electron chi connectivity index (χ2n) is 5.05. The molecule has 1 fully saturated rings. The number of ketones is 1. The Morgan fingerprint density at radius 3 is 2.53 bits per heavy atom. The van der Waals surface area contributed by atoms with Crippen LogP contribution in [0.2, 0.25) is 0 Å². The molecule has 0 unspecified atom stereocenters. The van der Waals surface area contributed by atoms with E-state index in [4.69, 9.17) is 4.74 Å². The Hall–Kier alpha value is -1.39. The van der Waals surface area contributed by atoms with E-state index in [1.54, 1.807) is 7.11 Å². The van der Waals surface area contributed by atoms with Gasteiger partial charge in [0.2, 0.25) is 0 Å². The molecule has 0 radical (unpaired) electrons. The lowest BCUT2D eigenvalue weighted by molar-refractivity contribution is 0.0903. The summed E-state index contributed by atoms with van der Waals surface area (Å²) < 4.78 is 5.10. The van der Waals surface area contributed by atoms with Gasteiger partial charge in [-0.15, -0.1) is 0 Å². The highest BCUT2D eigenvalue weighted by Crippen LogP contribution is 2.14.